The molecule has 0 radical (unpaired) electrons. The molecule has 1 aromatic carbocycles. The number of carbonyl (C=O) groups excluding carboxylic acids is 1. The van der Waals surface area contributed by atoms with E-state index in [0.717, 1.165) is 36.8 Å². The number of isocyanates is 1. The van der Waals surface area contributed by atoms with E-state index in [1.165, 1.54) is 0 Å². The van der Waals surface area contributed by atoms with Crippen molar-refractivity contribution in [3.8, 4) is 5.75 Å². The maximum atomic E-state index is 10.7. The van der Waals surface area contributed by atoms with Crippen molar-refractivity contribution in [3.05, 3.63) is 29.3 Å². The topological polar surface area (TPSA) is 58.9 Å². The number of hydrogen-bond donors (Lipinski definition) is 1. The van der Waals surface area contributed by atoms with E-state index in [9.17, 15) is 9.90 Å². The van der Waals surface area contributed by atoms with Crippen molar-refractivity contribution in [3.63, 3.8) is 0 Å². The Balaban J connectivity index is 2.57. The molecule has 0 spiro atoms. The number of methoxy groups -OCH3 is 1. The third kappa shape index (κ3) is 2.05. The lowest BCUT2D eigenvalue weighted by molar-refractivity contribution is 0.271. The molecule has 1 saturated carbocycles. The second-order valence-electron chi connectivity index (χ2n) is 4.60. The molecule has 1 aliphatic rings. The van der Waals surface area contributed by atoms with Gasteiger partial charge in [-0.25, -0.2) is 4.79 Å². The van der Waals surface area contributed by atoms with Gasteiger partial charge in [0, 0.05) is 11.1 Å². The number of nitrogens with zero attached hydrogens (tertiary/aromatic N) is 1. The minimum atomic E-state index is -0.516. The fraction of sp³-hybridized carbons (Fsp3) is 0.500. The highest BCUT2D eigenvalue weighted by Crippen LogP contribution is 2.46. The van der Waals surface area contributed by atoms with E-state index < -0.39 is 5.54 Å². The molecule has 0 heterocycles. The lowest BCUT2D eigenvalue weighted by Gasteiger charge is -2.26. The molecule has 18 heavy (non-hydrogen) atoms. The van der Waals surface area contributed by atoms with Crippen LogP contribution in [-0.4, -0.2) is 18.3 Å². The van der Waals surface area contributed by atoms with Crippen LogP contribution in [0.15, 0.2) is 23.2 Å². The molecule has 4 nitrogen and oxygen atoms in total. The van der Waals surface area contributed by atoms with Crippen LogP contribution in [0.5, 0.6) is 5.75 Å². The summed E-state index contributed by atoms with van der Waals surface area (Å²) in [7, 11) is 1.57. The van der Waals surface area contributed by atoms with E-state index in [2.05, 4.69) is 4.99 Å². The average Bonchev–Trinajstić information content (AvgIpc) is 2.87. The van der Waals surface area contributed by atoms with Crippen molar-refractivity contribution < 1.29 is 14.6 Å². The zero-order chi connectivity index (χ0) is 13.0. The van der Waals surface area contributed by atoms with Crippen LogP contribution in [0.25, 0.3) is 0 Å². The van der Waals surface area contributed by atoms with Crippen LogP contribution >= 0.6 is 0 Å². The zero-order valence-corrected chi connectivity index (χ0v) is 10.5. The second kappa shape index (κ2) is 5.34. The van der Waals surface area contributed by atoms with E-state index in [-0.39, 0.29) is 6.61 Å². The van der Waals surface area contributed by atoms with E-state index >= 15 is 0 Å². The molecule has 0 amide bonds. The lowest BCUT2D eigenvalue weighted by Crippen LogP contribution is -2.20. The number of ether oxygens (including phenoxy) is 1. The van der Waals surface area contributed by atoms with Gasteiger partial charge in [-0.1, -0.05) is 31.0 Å². The summed E-state index contributed by atoms with van der Waals surface area (Å²) in [5.41, 5.74) is 1.10. The van der Waals surface area contributed by atoms with E-state index in [4.69, 9.17) is 4.74 Å². The Morgan fingerprint density at radius 2 is 2.17 bits per heavy atom. The first kappa shape index (κ1) is 12.8. The number of benzene rings is 1. The molecule has 0 aromatic heterocycles. The van der Waals surface area contributed by atoms with Crippen molar-refractivity contribution in [2.24, 2.45) is 4.99 Å². The number of para-hydroxylation sites is 1. The molecule has 0 bridgehead atoms. The fourth-order valence-corrected chi connectivity index (χ4v) is 2.81. The predicted octanol–water partition coefficient (Wildman–Crippen LogP) is 2.29. The second-order valence-corrected chi connectivity index (χ2v) is 4.60. The average molecular weight is 247 g/mol. The van der Waals surface area contributed by atoms with Gasteiger partial charge in [-0.3, -0.25) is 0 Å². The minimum absolute atomic E-state index is 0.0854. The maximum Gasteiger partial charge on any atom is 0.235 e. The van der Waals surface area contributed by atoms with Gasteiger partial charge >= 0.3 is 0 Å². The van der Waals surface area contributed by atoms with E-state index in [1.807, 2.05) is 18.2 Å². The largest absolute Gasteiger partial charge is 0.496 e. The first-order valence-electron chi connectivity index (χ1n) is 6.13. The summed E-state index contributed by atoms with van der Waals surface area (Å²) in [5.74, 6) is 0.640. The van der Waals surface area contributed by atoms with E-state index in [0.29, 0.717) is 5.75 Å². The van der Waals surface area contributed by atoms with Crippen LogP contribution in [0.1, 0.15) is 36.8 Å². The third-order valence-electron chi connectivity index (χ3n) is 3.66. The van der Waals surface area contributed by atoms with Crippen LogP contribution in [0.4, 0.5) is 0 Å². The van der Waals surface area contributed by atoms with Gasteiger partial charge < -0.3 is 9.84 Å². The molecule has 0 aliphatic heterocycles. The fourth-order valence-electron chi connectivity index (χ4n) is 2.81. The number of hydrogen-bond acceptors (Lipinski definition) is 4. The lowest BCUT2D eigenvalue weighted by atomic mass is 9.87. The molecular formula is C14H17NO3. The predicted molar refractivity (Wildman–Crippen MR) is 67.2 cm³/mol. The summed E-state index contributed by atoms with van der Waals surface area (Å²) >= 11 is 0. The standard InChI is InChI=1S/C14H17NO3/c1-18-13-11(9-16)5-4-6-12(13)14(15-10-17)7-2-3-8-14/h4-6,16H,2-3,7-9H2,1H3. The van der Waals surface area contributed by atoms with Crippen molar-refractivity contribution >= 4 is 6.08 Å². The van der Waals surface area contributed by atoms with Gasteiger partial charge in [-0.05, 0) is 12.8 Å². The molecule has 1 aliphatic carbocycles. The molecule has 96 valence electrons. The van der Waals surface area contributed by atoms with Crippen molar-refractivity contribution in [1.29, 1.82) is 0 Å². The number of aliphatic hydroxyl groups excluding tert-OH is 1. The molecule has 2 rings (SSSR count). The summed E-state index contributed by atoms with van der Waals surface area (Å²) in [6.07, 6.45) is 5.43. The van der Waals surface area contributed by atoms with Gasteiger partial charge in [0.25, 0.3) is 0 Å². The van der Waals surface area contributed by atoms with Crippen molar-refractivity contribution in [2.45, 2.75) is 37.8 Å². The summed E-state index contributed by atoms with van der Waals surface area (Å²) in [6.45, 7) is -0.0854. The summed E-state index contributed by atoms with van der Waals surface area (Å²) in [4.78, 5) is 14.8. The zero-order valence-electron chi connectivity index (χ0n) is 10.5. The molecule has 1 fully saturated rings. The van der Waals surface area contributed by atoms with Gasteiger partial charge in [0.05, 0.1) is 13.7 Å². The summed E-state index contributed by atoms with van der Waals surface area (Å²) < 4.78 is 5.40. The molecule has 1 N–H and O–H groups in total. The quantitative estimate of drug-likeness (QED) is 0.656. The van der Waals surface area contributed by atoms with Crippen LogP contribution < -0.4 is 4.74 Å². The monoisotopic (exact) mass is 247 g/mol. The normalized spacial score (nSPS) is 17.2. The van der Waals surface area contributed by atoms with Crippen LogP contribution in [0.2, 0.25) is 0 Å². The van der Waals surface area contributed by atoms with Crippen LogP contribution in [0.3, 0.4) is 0 Å². The van der Waals surface area contributed by atoms with Gasteiger partial charge in [0.2, 0.25) is 6.08 Å². The molecule has 1 aromatic rings. The third-order valence-corrected chi connectivity index (χ3v) is 3.66. The molecule has 4 heteroatoms. The summed E-state index contributed by atoms with van der Waals surface area (Å²) in [6, 6.07) is 5.60. The maximum absolute atomic E-state index is 10.7. The first-order valence-corrected chi connectivity index (χ1v) is 6.13. The molecule has 0 saturated heterocycles. The Morgan fingerprint density at radius 3 is 2.72 bits per heavy atom. The smallest absolute Gasteiger partial charge is 0.235 e. The Bertz CT molecular complexity index is 472. The van der Waals surface area contributed by atoms with Gasteiger partial charge in [0.15, 0.2) is 0 Å². The minimum Gasteiger partial charge on any atom is -0.496 e. The number of aliphatic hydroxyl groups is 1. The van der Waals surface area contributed by atoms with Crippen LogP contribution in [0, 0.1) is 0 Å². The number of aliphatic imine (C=N–C) groups is 1. The highest BCUT2D eigenvalue weighted by Gasteiger charge is 2.38. The SMILES string of the molecule is COc1c(CO)cccc1C1(N=C=O)CCCC1. The molecule has 0 atom stereocenters. The van der Waals surface area contributed by atoms with E-state index in [1.54, 1.807) is 13.2 Å². The van der Waals surface area contributed by atoms with Gasteiger partial charge in [0.1, 0.15) is 11.3 Å². The highest BCUT2D eigenvalue weighted by atomic mass is 16.5. The Hall–Kier alpha value is -1.64. The van der Waals surface area contributed by atoms with Gasteiger partial charge in [-0.2, -0.15) is 4.99 Å². The molecular weight excluding hydrogens is 230 g/mol. The summed E-state index contributed by atoms with van der Waals surface area (Å²) in [5, 5.41) is 9.34. The Morgan fingerprint density at radius 1 is 1.44 bits per heavy atom. The molecule has 0 unspecified atom stereocenters. The van der Waals surface area contributed by atoms with Crippen molar-refractivity contribution in [1.82, 2.24) is 0 Å². The van der Waals surface area contributed by atoms with Crippen LogP contribution in [-0.2, 0) is 16.9 Å². The number of rotatable bonds is 4. The highest BCUT2D eigenvalue weighted by molar-refractivity contribution is 5.48. The first-order chi connectivity index (χ1) is 8.77. The Labute approximate surface area is 106 Å². The van der Waals surface area contributed by atoms with Crippen molar-refractivity contribution in [2.75, 3.05) is 7.11 Å². The Kier molecular flexibility index (Phi) is 3.80. The van der Waals surface area contributed by atoms with Gasteiger partial charge in [-0.15, -0.1) is 0 Å².